The number of halogens is 3. The van der Waals surface area contributed by atoms with Crippen LogP contribution in [0.3, 0.4) is 0 Å². The second kappa shape index (κ2) is 6.88. The fraction of sp³-hybridized carbons (Fsp3) is 0.600. The van der Waals surface area contributed by atoms with Crippen LogP contribution in [0, 0.1) is 5.92 Å². The van der Waals surface area contributed by atoms with Gasteiger partial charge in [0.05, 0.1) is 22.3 Å². The monoisotopic (exact) mass is 399 g/mol. The van der Waals surface area contributed by atoms with Crippen molar-refractivity contribution in [3.8, 4) is 0 Å². The molecule has 0 unspecified atom stereocenters. The minimum absolute atomic E-state index is 0.0147. The zero-order valence-electron chi connectivity index (χ0n) is 13.8. The van der Waals surface area contributed by atoms with Gasteiger partial charge in [-0.3, -0.25) is 0 Å². The van der Waals surface area contributed by atoms with E-state index in [1.54, 1.807) is 13.8 Å². The van der Waals surface area contributed by atoms with E-state index >= 15 is 0 Å². The molecule has 1 aliphatic rings. The van der Waals surface area contributed by atoms with Crippen molar-refractivity contribution in [2.75, 3.05) is 18.8 Å². The lowest BCUT2D eigenvalue weighted by Gasteiger charge is -2.37. The molecular weight excluding hydrogens is 379 g/mol. The molecule has 0 N–H and O–H groups in total. The summed E-state index contributed by atoms with van der Waals surface area (Å²) < 4.78 is 87.8. The van der Waals surface area contributed by atoms with Crippen LogP contribution in [0.4, 0.5) is 13.2 Å². The zero-order chi connectivity index (χ0) is 19.0. The molecule has 0 aromatic heterocycles. The van der Waals surface area contributed by atoms with Gasteiger partial charge in [-0.05, 0) is 17.5 Å². The predicted molar refractivity (Wildman–Crippen MR) is 88.1 cm³/mol. The molecule has 25 heavy (non-hydrogen) atoms. The van der Waals surface area contributed by atoms with E-state index in [-0.39, 0.29) is 30.3 Å². The van der Waals surface area contributed by atoms with Crippen LogP contribution in [0.25, 0.3) is 0 Å². The first-order valence-corrected chi connectivity index (χ1v) is 11.0. The zero-order valence-corrected chi connectivity index (χ0v) is 15.5. The van der Waals surface area contributed by atoms with Crippen LogP contribution in [-0.4, -0.2) is 45.2 Å². The molecule has 1 heterocycles. The summed E-state index contributed by atoms with van der Waals surface area (Å²) in [5.74, 6) is -0.659. The molecule has 0 aliphatic carbocycles. The Hall–Kier alpha value is -1.13. The molecule has 10 heteroatoms. The van der Waals surface area contributed by atoms with Crippen molar-refractivity contribution in [2.45, 2.75) is 31.0 Å². The average molecular weight is 399 g/mol. The van der Waals surface area contributed by atoms with E-state index < -0.39 is 42.6 Å². The fourth-order valence-electron chi connectivity index (χ4n) is 2.60. The molecule has 1 aromatic carbocycles. The number of hydrogen-bond acceptors (Lipinski definition) is 4. The van der Waals surface area contributed by atoms with Crippen LogP contribution < -0.4 is 0 Å². The Morgan fingerprint density at radius 3 is 2.28 bits per heavy atom. The SMILES string of the molecule is CC(C)CS(=O)(=O)C1CN(S(=O)(=O)Cc2cccc(C(F)(F)F)c2)C1. The molecular formula is C15H20F3NO4S2. The van der Waals surface area contributed by atoms with Gasteiger partial charge in [-0.2, -0.15) is 17.5 Å². The average Bonchev–Trinajstić information content (AvgIpc) is 2.32. The van der Waals surface area contributed by atoms with Gasteiger partial charge < -0.3 is 0 Å². The van der Waals surface area contributed by atoms with Crippen LogP contribution in [0.2, 0.25) is 0 Å². The van der Waals surface area contributed by atoms with Gasteiger partial charge in [-0.15, -0.1) is 0 Å². The first kappa shape index (κ1) is 20.2. The highest BCUT2D eigenvalue weighted by Gasteiger charge is 2.43. The summed E-state index contributed by atoms with van der Waals surface area (Å²) in [6.07, 6.45) is -4.55. The number of alkyl halides is 3. The quantitative estimate of drug-likeness (QED) is 0.736. The summed E-state index contributed by atoms with van der Waals surface area (Å²) >= 11 is 0. The molecule has 0 bridgehead atoms. The molecule has 2 rings (SSSR count). The summed E-state index contributed by atoms with van der Waals surface area (Å²) in [4.78, 5) is 0. The Morgan fingerprint density at radius 1 is 1.16 bits per heavy atom. The number of hydrogen-bond donors (Lipinski definition) is 0. The van der Waals surface area contributed by atoms with Crippen molar-refractivity contribution in [2.24, 2.45) is 5.92 Å². The van der Waals surface area contributed by atoms with Gasteiger partial charge in [0.2, 0.25) is 10.0 Å². The number of benzene rings is 1. The van der Waals surface area contributed by atoms with Gasteiger partial charge in [-0.1, -0.05) is 32.0 Å². The second-order valence-electron chi connectivity index (χ2n) is 6.62. The second-order valence-corrected chi connectivity index (χ2v) is 10.9. The van der Waals surface area contributed by atoms with Crippen molar-refractivity contribution in [1.82, 2.24) is 4.31 Å². The van der Waals surface area contributed by atoms with Crippen LogP contribution in [0.5, 0.6) is 0 Å². The number of sulfone groups is 1. The van der Waals surface area contributed by atoms with Gasteiger partial charge in [0, 0.05) is 13.1 Å². The highest BCUT2D eigenvalue weighted by Crippen LogP contribution is 2.30. The normalized spacial score (nSPS) is 17.7. The molecule has 1 aromatic rings. The lowest BCUT2D eigenvalue weighted by Crippen LogP contribution is -2.57. The largest absolute Gasteiger partial charge is 0.416 e. The highest BCUT2D eigenvalue weighted by atomic mass is 32.2. The first-order valence-electron chi connectivity index (χ1n) is 7.67. The summed E-state index contributed by atoms with van der Waals surface area (Å²) in [5.41, 5.74) is -0.899. The lowest BCUT2D eigenvalue weighted by atomic mass is 10.1. The van der Waals surface area contributed by atoms with E-state index in [1.165, 1.54) is 6.07 Å². The minimum Gasteiger partial charge on any atom is -0.228 e. The molecule has 0 amide bonds. The van der Waals surface area contributed by atoms with Crippen molar-refractivity contribution in [3.63, 3.8) is 0 Å². The van der Waals surface area contributed by atoms with E-state index in [4.69, 9.17) is 0 Å². The van der Waals surface area contributed by atoms with Gasteiger partial charge in [0.15, 0.2) is 9.84 Å². The van der Waals surface area contributed by atoms with Crippen LogP contribution >= 0.6 is 0 Å². The lowest BCUT2D eigenvalue weighted by molar-refractivity contribution is -0.137. The predicted octanol–water partition coefficient (Wildman–Crippen LogP) is 2.29. The number of nitrogens with zero attached hydrogens (tertiary/aromatic N) is 1. The van der Waals surface area contributed by atoms with Gasteiger partial charge in [0.25, 0.3) is 0 Å². The number of rotatable bonds is 6. The van der Waals surface area contributed by atoms with E-state index in [0.717, 1.165) is 22.5 Å². The number of sulfonamides is 1. The van der Waals surface area contributed by atoms with E-state index in [1.807, 2.05) is 0 Å². The minimum atomic E-state index is -4.55. The van der Waals surface area contributed by atoms with Crippen LogP contribution in [-0.2, 0) is 31.8 Å². The summed E-state index contributed by atoms with van der Waals surface area (Å²) in [6.45, 7) is 3.24. The molecule has 1 fully saturated rings. The Kier molecular flexibility index (Phi) is 5.56. The van der Waals surface area contributed by atoms with Crippen molar-refractivity contribution in [1.29, 1.82) is 0 Å². The van der Waals surface area contributed by atoms with Crippen LogP contribution in [0.1, 0.15) is 25.0 Å². The fourth-order valence-corrected chi connectivity index (χ4v) is 6.40. The molecule has 0 radical (unpaired) electrons. The molecule has 0 saturated carbocycles. The van der Waals surface area contributed by atoms with Gasteiger partial charge in [-0.25, -0.2) is 16.8 Å². The maximum Gasteiger partial charge on any atom is 0.416 e. The topological polar surface area (TPSA) is 71.5 Å². The Bertz CT molecular complexity index is 827. The molecule has 142 valence electrons. The smallest absolute Gasteiger partial charge is 0.228 e. The van der Waals surface area contributed by atoms with E-state index in [9.17, 15) is 30.0 Å². The Balaban J connectivity index is 2.05. The van der Waals surface area contributed by atoms with Crippen molar-refractivity contribution in [3.05, 3.63) is 35.4 Å². The van der Waals surface area contributed by atoms with Crippen molar-refractivity contribution < 1.29 is 30.0 Å². The first-order chi connectivity index (χ1) is 11.3. The van der Waals surface area contributed by atoms with E-state index in [0.29, 0.717) is 0 Å². The third-order valence-electron chi connectivity index (χ3n) is 3.88. The third-order valence-corrected chi connectivity index (χ3v) is 8.11. The Labute approximate surface area is 145 Å². The molecule has 0 atom stereocenters. The molecule has 0 spiro atoms. The third kappa shape index (κ3) is 4.95. The van der Waals surface area contributed by atoms with E-state index in [2.05, 4.69) is 0 Å². The van der Waals surface area contributed by atoms with Gasteiger partial charge in [0.1, 0.15) is 0 Å². The molecule has 1 saturated heterocycles. The van der Waals surface area contributed by atoms with Crippen molar-refractivity contribution >= 4 is 19.9 Å². The summed E-state index contributed by atoms with van der Waals surface area (Å²) in [7, 11) is -7.23. The maximum absolute atomic E-state index is 12.7. The molecule has 5 nitrogen and oxygen atoms in total. The Morgan fingerprint density at radius 2 is 1.76 bits per heavy atom. The maximum atomic E-state index is 12.7. The molecule has 1 aliphatic heterocycles. The standard InChI is InChI=1S/C15H20F3NO4S2/c1-11(2)9-24(20,21)14-7-19(8-14)25(22,23)10-12-4-3-5-13(6-12)15(16,17)18/h3-6,11,14H,7-10H2,1-2H3. The summed E-state index contributed by atoms with van der Waals surface area (Å²) in [6, 6.07) is 4.12. The highest BCUT2D eigenvalue weighted by molar-refractivity contribution is 7.92. The summed E-state index contributed by atoms with van der Waals surface area (Å²) in [5, 5.41) is -0.744. The van der Waals surface area contributed by atoms with Gasteiger partial charge >= 0.3 is 6.18 Å². The van der Waals surface area contributed by atoms with Crippen LogP contribution in [0.15, 0.2) is 24.3 Å².